The van der Waals surface area contributed by atoms with Crippen LogP contribution in [0.2, 0.25) is 0 Å². The van der Waals surface area contributed by atoms with Crippen molar-refractivity contribution in [2.24, 2.45) is 0 Å². The average Bonchev–Trinajstić information content (AvgIpc) is 2.72. The number of hydrogen-bond donors (Lipinski definition) is 2. The predicted molar refractivity (Wildman–Crippen MR) is 123 cm³/mol. The monoisotopic (exact) mass is 426 g/mol. The zero-order valence-electron chi connectivity index (χ0n) is 19.7. The molecule has 0 radical (unpaired) electrons. The number of aliphatic hydroxyl groups is 2. The van der Waals surface area contributed by atoms with Gasteiger partial charge in [0, 0.05) is 0 Å². The molecule has 0 fully saturated rings. The lowest BCUT2D eigenvalue weighted by Gasteiger charge is -2.29. The fourth-order valence-electron chi connectivity index (χ4n) is 3.61. The lowest BCUT2D eigenvalue weighted by atomic mass is 9.88. The molecule has 176 valence electrons. The highest BCUT2D eigenvalue weighted by atomic mass is 16.5. The molecule has 0 heterocycles. The first kappa shape index (κ1) is 29.0. The fourth-order valence-corrected chi connectivity index (χ4v) is 3.61. The van der Waals surface area contributed by atoms with Crippen LogP contribution < -0.4 is 0 Å². The molecule has 0 aromatic rings. The number of Topliss-reactive ketones (excluding diaryl/α,β-unsaturated/α-hetero) is 2. The van der Waals surface area contributed by atoms with Crippen LogP contribution in [-0.4, -0.2) is 46.7 Å². The maximum atomic E-state index is 12.1. The molecule has 2 N–H and O–H groups in total. The van der Waals surface area contributed by atoms with E-state index >= 15 is 0 Å². The molecule has 1 atom stereocenters. The van der Waals surface area contributed by atoms with Crippen molar-refractivity contribution in [3.05, 3.63) is 12.2 Å². The van der Waals surface area contributed by atoms with Crippen LogP contribution in [0, 0.1) is 0 Å². The smallest absolute Gasteiger partial charge is 0.183 e. The standard InChI is InChI=1S/C25H46O5/c1-4-5-6-7-8-9-10-11-12-13-14-15-16-17-18-19-25(22(2)27,23(3)28)30-21-24(29)20-26/h11-12,24,26,29H,4-10,13-21H2,1-3H3. The van der Waals surface area contributed by atoms with Gasteiger partial charge >= 0.3 is 0 Å². The zero-order valence-corrected chi connectivity index (χ0v) is 19.7. The Labute approximate surface area is 184 Å². The molecular weight excluding hydrogens is 380 g/mol. The van der Waals surface area contributed by atoms with Gasteiger partial charge < -0.3 is 14.9 Å². The molecule has 0 aromatic carbocycles. The van der Waals surface area contributed by atoms with Crippen molar-refractivity contribution in [2.75, 3.05) is 13.2 Å². The molecule has 0 aliphatic rings. The number of ketones is 2. The van der Waals surface area contributed by atoms with E-state index in [9.17, 15) is 14.7 Å². The van der Waals surface area contributed by atoms with E-state index in [-0.39, 0.29) is 18.2 Å². The van der Waals surface area contributed by atoms with E-state index in [4.69, 9.17) is 9.84 Å². The Morgan fingerprint density at radius 2 is 1.30 bits per heavy atom. The lowest BCUT2D eigenvalue weighted by molar-refractivity contribution is -0.161. The number of hydrogen-bond acceptors (Lipinski definition) is 5. The molecule has 0 aliphatic heterocycles. The second-order valence-corrected chi connectivity index (χ2v) is 8.42. The summed E-state index contributed by atoms with van der Waals surface area (Å²) in [6.45, 7) is 4.27. The van der Waals surface area contributed by atoms with Crippen molar-refractivity contribution < 1.29 is 24.5 Å². The normalized spacial score (nSPS) is 13.1. The molecule has 1 unspecified atom stereocenters. The van der Waals surface area contributed by atoms with Crippen LogP contribution in [-0.2, 0) is 14.3 Å². The molecule has 0 amide bonds. The molecule has 30 heavy (non-hydrogen) atoms. The summed E-state index contributed by atoms with van der Waals surface area (Å²) in [7, 11) is 0. The topological polar surface area (TPSA) is 83.8 Å². The molecule has 5 nitrogen and oxygen atoms in total. The van der Waals surface area contributed by atoms with E-state index in [2.05, 4.69) is 19.1 Å². The van der Waals surface area contributed by atoms with Gasteiger partial charge in [-0.15, -0.1) is 0 Å². The first-order valence-electron chi connectivity index (χ1n) is 12.0. The summed E-state index contributed by atoms with van der Waals surface area (Å²) >= 11 is 0. The molecule has 0 bridgehead atoms. The Morgan fingerprint density at radius 1 is 0.833 bits per heavy atom. The first-order valence-corrected chi connectivity index (χ1v) is 12.0. The van der Waals surface area contributed by atoms with Gasteiger partial charge in [0.1, 0.15) is 6.10 Å². The minimum atomic E-state index is -1.49. The van der Waals surface area contributed by atoms with Crippen LogP contribution in [0.5, 0.6) is 0 Å². The molecule has 0 aliphatic carbocycles. The third-order valence-corrected chi connectivity index (χ3v) is 5.66. The van der Waals surface area contributed by atoms with Gasteiger partial charge in [-0.1, -0.05) is 70.4 Å². The highest BCUT2D eigenvalue weighted by molar-refractivity contribution is 6.08. The van der Waals surface area contributed by atoms with Crippen molar-refractivity contribution in [2.45, 2.75) is 122 Å². The molecular formula is C25H46O5. The summed E-state index contributed by atoms with van der Waals surface area (Å²) < 4.78 is 5.51. The van der Waals surface area contributed by atoms with Crippen LogP contribution in [0.3, 0.4) is 0 Å². The van der Waals surface area contributed by atoms with Crippen LogP contribution in [0.15, 0.2) is 12.2 Å². The minimum Gasteiger partial charge on any atom is -0.394 e. The molecule has 5 heteroatoms. The highest BCUT2D eigenvalue weighted by Gasteiger charge is 2.41. The Bertz CT molecular complexity index is 458. The number of allylic oxidation sites excluding steroid dienone is 2. The number of unbranched alkanes of at least 4 members (excludes halogenated alkanes) is 11. The Kier molecular flexibility index (Phi) is 18.1. The number of carbonyl (C=O) groups excluding carboxylic acids is 2. The van der Waals surface area contributed by atoms with Gasteiger partial charge in [0.2, 0.25) is 0 Å². The van der Waals surface area contributed by atoms with E-state index in [1.807, 2.05) is 0 Å². The molecule has 0 rings (SSSR count). The van der Waals surface area contributed by atoms with Crippen molar-refractivity contribution in [3.8, 4) is 0 Å². The second kappa shape index (κ2) is 18.7. The summed E-state index contributed by atoms with van der Waals surface area (Å²) in [6.07, 6.45) is 19.2. The van der Waals surface area contributed by atoms with Crippen molar-refractivity contribution >= 4 is 11.6 Å². The van der Waals surface area contributed by atoms with Gasteiger partial charge in [0.05, 0.1) is 13.2 Å². The minimum absolute atomic E-state index is 0.221. The van der Waals surface area contributed by atoms with Crippen molar-refractivity contribution in [1.82, 2.24) is 0 Å². The largest absolute Gasteiger partial charge is 0.394 e. The van der Waals surface area contributed by atoms with Crippen LogP contribution in [0.25, 0.3) is 0 Å². The molecule has 0 spiro atoms. The van der Waals surface area contributed by atoms with Gasteiger partial charge in [-0.2, -0.15) is 0 Å². The summed E-state index contributed by atoms with van der Waals surface area (Å²) in [5, 5.41) is 18.4. The summed E-state index contributed by atoms with van der Waals surface area (Å²) in [4.78, 5) is 24.2. The third-order valence-electron chi connectivity index (χ3n) is 5.66. The van der Waals surface area contributed by atoms with Gasteiger partial charge in [0.15, 0.2) is 17.2 Å². The van der Waals surface area contributed by atoms with Gasteiger partial charge in [-0.05, 0) is 52.4 Å². The maximum absolute atomic E-state index is 12.1. The number of carbonyl (C=O) groups is 2. The number of ether oxygens (including phenoxy) is 1. The van der Waals surface area contributed by atoms with Crippen LogP contribution in [0.1, 0.15) is 111 Å². The Hall–Kier alpha value is -1.04. The Balaban J connectivity index is 3.93. The molecule has 0 saturated carbocycles. The summed E-state index contributed by atoms with van der Waals surface area (Å²) in [5.74, 6) is -0.675. The Morgan fingerprint density at radius 3 is 1.77 bits per heavy atom. The molecule has 0 aromatic heterocycles. The SMILES string of the molecule is CCCCCCCCC=CCCCCCCCC(OCC(O)CO)(C(C)=O)C(C)=O. The van der Waals surface area contributed by atoms with Crippen molar-refractivity contribution in [3.63, 3.8) is 0 Å². The first-order chi connectivity index (χ1) is 14.4. The highest BCUT2D eigenvalue weighted by Crippen LogP contribution is 2.24. The third kappa shape index (κ3) is 13.3. The van der Waals surface area contributed by atoms with E-state index in [0.717, 1.165) is 38.5 Å². The maximum Gasteiger partial charge on any atom is 0.183 e. The van der Waals surface area contributed by atoms with Gasteiger partial charge in [0.25, 0.3) is 0 Å². The van der Waals surface area contributed by atoms with Crippen LogP contribution >= 0.6 is 0 Å². The van der Waals surface area contributed by atoms with Crippen LogP contribution in [0.4, 0.5) is 0 Å². The number of aliphatic hydroxyl groups excluding tert-OH is 2. The van der Waals surface area contributed by atoms with E-state index in [1.54, 1.807) is 0 Å². The fraction of sp³-hybridized carbons (Fsp3) is 0.840. The summed E-state index contributed by atoms with van der Waals surface area (Å²) in [5.41, 5.74) is -1.49. The predicted octanol–water partition coefficient (Wildman–Crippen LogP) is 5.31. The van der Waals surface area contributed by atoms with E-state index in [1.165, 1.54) is 58.8 Å². The lowest BCUT2D eigenvalue weighted by Crippen LogP contribution is -2.48. The van der Waals surface area contributed by atoms with Gasteiger partial charge in [-0.25, -0.2) is 0 Å². The van der Waals surface area contributed by atoms with E-state index < -0.39 is 18.3 Å². The molecule has 0 saturated heterocycles. The zero-order chi connectivity index (χ0) is 22.7. The quantitative estimate of drug-likeness (QED) is 0.148. The summed E-state index contributed by atoms with van der Waals surface area (Å²) in [6, 6.07) is 0. The average molecular weight is 427 g/mol. The van der Waals surface area contributed by atoms with Crippen molar-refractivity contribution in [1.29, 1.82) is 0 Å². The van der Waals surface area contributed by atoms with Gasteiger partial charge in [-0.3, -0.25) is 9.59 Å². The van der Waals surface area contributed by atoms with E-state index in [0.29, 0.717) is 6.42 Å². The number of rotatable bonds is 21. The second-order valence-electron chi connectivity index (χ2n) is 8.42.